The normalized spacial score (nSPS) is 11.4. The van der Waals surface area contributed by atoms with Crippen molar-refractivity contribution < 1.29 is 29.0 Å². The van der Waals surface area contributed by atoms with Gasteiger partial charge in [-0.1, -0.05) is 30.3 Å². The van der Waals surface area contributed by atoms with Crippen molar-refractivity contribution in [1.29, 1.82) is 0 Å². The maximum atomic E-state index is 12.1. The van der Waals surface area contributed by atoms with Gasteiger partial charge < -0.3 is 19.9 Å². The van der Waals surface area contributed by atoms with Gasteiger partial charge in [0.2, 0.25) is 5.91 Å². The maximum absolute atomic E-state index is 12.1. The number of carbonyl (C=O) groups is 3. The third-order valence-electron chi connectivity index (χ3n) is 4.06. The van der Waals surface area contributed by atoms with E-state index in [1.54, 1.807) is 48.5 Å². The van der Waals surface area contributed by atoms with Gasteiger partial charge in [-0.2, -0.15) is 0 Å². The van der Waals surface area contributed by atoms with Crippen LogP contribution in [0.2, 0.25) is 0 Å². The lowest BCUT2D eigenvalue weighted by Gasteiger charge is -2.15. The number of hydrogen-bond donors (Lipinski definition) is 2. The van der Waals surface area contributed by atoms with E-state index in [2.05, 4.69) is 5.32 Å². The summed E-state index contributed by atoms with van der Waals surface area (Å²) >= 11 is 0. The number of carboxylic acids is 1. The second-order valence-corrected chi connectivity index (χ2v) is 6.12. The third kappa shape index (κ3) is 5.84. The maximum Gasteiger partial charge on any atom is 0.330 e. The van der Waals surface area contributed by atoms with Crippen molar-refractivity contribution in [1.82, 2.24) is 5.32 Å². The second-order valence-electron chi connectivity index (χ2n) is 6.12. The molecule has 2 N–H and O–H groups in total. The fourth-order valence-corrected chi connectivity index (χ4v) is 2.59. The highest BCUT2D eigenvalue weighted by Gasteiger charge is 2.21. The molecule has 7 nitrogen and oxygen atoms in total. The minimum Gasteiger partial charge on any atom is -0.493 e. The van der Waals surface area contributed by atoms with Crippen LogP contribution in [0.4, 0.5) is 0 Å². The van der Waals surface area contributed by atoms with Crippen LogP contribution in [0.3, 0.4) is 0 Å². The van der Waals surface area contributed by atoms with Crippen LogP contribution < -0.4 is 14.8 Å². The summed E-state index contributed by atoms with van der Waals surface area (Å²) in [4.78, 5) is 34.9. The van der Waals surface area contributed by atoms with Gasteiger partial charge in [0.1, 0.15) is 0 Å². The van der Waals surface area contributed by atoms with Crippen LogP contribution in [-0.2, 0) is 9.59 Å². The van der Waals surface area contributed by atoms with Gasteiger partial charge in [-0.05, 0) is 37.1 Å². The van der Waals surface area contributed by atoms with Gasteiger partial charge in [-0.3, -0.25) is 9.59 Å². The molecule has 0 spiro atoms. The minimum atomic E-state index is -1.12. The molecule has 0 aliphatic carbocycles. The quantitative estimate of drug-likeness (QED) is 0.482. The van der Waals surface area contributed by atoms with Crippen molar-refractivity contribution in [3.05, 3.63) is 59.7 Å². The van der Waals surface area contributed by atoms with Gasteiger partial charge in [-0.15, -0.1) is 0 Å². The largest absolute Gasteiger partial charge is 0.493 e. The number of ether oxygens (including phenoxy) is 2. The van der Waals surface area contributed by atoms with Crippen molar-refractivity contribution in [3.8, 4) is 11.5 Å². The Morgan fingerprint density at radius 2 is 1.79 bits per heavy atom. The van der Waals surface area contributed by atoms with E-state index >= 15 is 0 Å². The number of amides is 1. The molecule has 0 bridgehead atoms. The molecule has 2 aromatic rings. The zero-order valence-corrected chi connectivity index (χ0v) is 15.8. The van der Waals surface area contributed by atoms with Crippen LogP contribution in [-0.4, -0.2) is 36.5 Å². The molecule has 0 saturated heterocycles. The van der Waals surface area contributed by atoms with Gasteiger partial charge >= 0.3 is 5.97 Å². The molecular formula is C21H23NO6. The molecule has 1 amide bonds. The first kappa shape index (κ1) is 21.0. The number of ketones is 1. The molecule has 148 valence electrons. The van der Waals surface area contributed by atoms with Gasteiger partial charge in [0, 0.05) is 12.0 Å². The second kappa shape index (κ2) is 10.1. The van der Waals surface area contributed by atoms with E-state index < -0.39 is 12.0 Å². The predicted molar refractivity (Wildman–Crippen MR) is 103 cm³/mol. The Balaban J connectivity index is 1.85. The van der Waals surface area contributed by atoms with Crippen LogP contribution >= 0.6 is 0 Å². The molecule has 1 atom stereocenters. The lowest BCUT2D eigenvalue weighted by Crippen LogP contribution is -2.33. The average molecular weight is 385 g/mol. The summed E-state index contributed by atoms with van der Waals surface area (Å²) in [6.07, 6.45) is 0.509. The first-order valence-electron chi connectivity index (χ1n) is 8.81. The van der Waals surface area contributed by atoms with Crippen molar-refractivity contribution >= 4 is 17.7 Å². The first-order chi connectivity index (χ1) is 13.4. The predicted octanol–water partition coefficient (Wildman–Crippen LogP) is 3.00. The molecule has 0 aromatic heterocycles. The molecule has 0 heterocycles. The first-order valence-corrected chi connectivity index (χ1v) is 8.81. The van der Waals surface area contributed by atoms with Crippen molar-refractivity contribution in [2.45, 2.75) is 25.8 Å². The summed E-state index contributed by atoms with van der Waals surface area (Å²) in [7, 11) is 1.48. The Kier molecular flexibility index (Phi) is 7.56. The molecule has 2 aromatic carbocycles. The summed E-state index contributed by atoms with van der Waals surface area (Å²) in [6, 6.07) is 12.3. The Hall–Kier alpha value is -3.35. The number of aliphatic carboxylic acids is 1. The topological polar surface area (TPSA) is 102 Å². The van der Waals surface area contributed by atoms with Gasteiger partial charge in [0.05, 0.1) is 13.7 Å². The average Bonchev–Trinajstić information content (AvgIpc) is 2.69. The summed E-state index contributed by atoms with van der Waals surface area (Å²) < 4.78 is 10.8. The number of nitrogens with one attached hydrogen (secondary N) is 1. The standard InChI is InChI=1S/C21H23NO6/c1-14(23)16-10-11-17(18(13-16)27-2)28-12-6-9-19(24)22-20(21(25)26)15-7-4-3-5-8-15/h3-5,7-8,10-11,13,20H,6,9,12H2,1-2H3,(H,22,24)(H,25,26)/t20-/m1/s1. The zero-order valence-electron chi connectivity index (χ0n) is 15.8. The summed E-state index contributed by atoms with van der Waals surface area (Å²) in [6.45, 7) is 1.71. The Labute approximate surface area is 163 Å². The molecule has 7 heteroatoms. The number of benzene rings is 2. The van der Waals surface area contributed by atoms with E-state index in [0.29, 0.717) is 29.0 Å². The van der Waals surface area contributed by atoms with E-state index in [1.165, 1.54) is 14.0 Å². The molecule has 0 aliphatic rings. The Bertz CT molecular complexity index is 834. The van der Waals surface area contributed by atoms with E-state index in [9.17, 15) is 19.5 Å². The van der Waals surface area contributed by atoms with Crippen LogP contribution in [0.15, 0.2) is 48.5 Å². The number of carboxylic acid groups (broad SMARTS) is 1. The number of methoxy groups -OCH3 is 1. The van der Waals surface area contributed by atoms with Crippen molar-refractivity contribution in [2.75, 3.05) is 13.7 Å². The lowest BCUT2D eigenvalue weighted by molar-refractivity contribution is -0.142. The number of hydrogen-bond acceptors (Lipinski definition) is 5. The third-order valence-corrected chi connectivity index (χ3v) is 4.06. The summed E-state index contributed by atoms with van der Waals surface area (Å²) in [5.41, 5.74) is 1.03. The fourth-order valence-electron chi connectivity index (χ4n) is 2.59. The van der Waals surface area contributed by atoms with Gasteiger partial charge in [0.15, 0.2) is 23.3 Å². The molecular weight excluding hydrogens is 362 g/mol. The highest BCUT2D eigenvalue weighted by Crippen LogP contribution is 2.28. The molecule has 28 heavy (non-hydrogen) atoms. The summed E-state index contributed by atoms with van der Waals surface area (Å²) in [5.74, 6) is -0.662. The minimum absolute atomic E-state index is 0.0760. The monoisotopic (exact) mass is 385 g/mol. The van der Waals surface area contributed by atoms with Crippen LogP contribution in [0.25, 0.3) is 0 Å². The fraction of sp³-hybridized carbons (Fsp3) is 0.286. The molecule has 2 rings (SSSR count). The smallest absolute Gasteiger partial charge is 0.330 e. The molecule has 0 aliphatic heterocycles. The molecule has 0 unspecified atom stereocenters. The Morgan fingerprint density at radius 3 is 2.39 bits per heavy atom. The van der Waals surface area contributed by atoms with E-state index in [1.807, 2.05) is 0 Å². The van der Waals surface area contributed by atoms with Crippen molar-refractivity contribution in [2.24, 2.45) is 0 Å². The van der Waals surface area contributed by atoms with E-state index in [0.717, 1.165) is 0 Å². The molecule has 0 fully saturated rings. The van der Waals surface area contributed by atoms with Gasteiger partial charge in [-0.25, -0.2) is 4.79 Å². The van der Waals surface area contributed by atoms with Gasteiger partial charge in [0.25, 0.3) is 0 Å². The number of carbonyl (C=O) groups excluding carboxylic acids is 2. The van der Waals surface area contributed by atoms with Crippen molar-refractivity contribution in [3.63, 3.8) is 0 Å². The van der Waals surface area contributed by atoms with Crippen LogP contribution in [0.1, 0.15) is 41.7 Å². The number of rotatable bonds is 10. The lowest BCUT2D eigenvalue weighted by atomic mass is 10.1. The highest BCUT2D eigenvalue weighted by molar-refractivity contribution is 5.94. The van der Waals surface area contributed by atoms with Crippen LogP contribution in [0, 0.1) is 0 Å². The molecule has 0 saturated carbocycles. The van der Waals surface area contributed by atoms with E-state index in [4.69, 9.17) is 9.47 Å². The zero-order chi connectivity index (χ0) is 20.5. The Morgan fingerprint density at radius 1 is 1.07 bits per heavy atom. The number of Topliss-reactive ketones (excluding diaryl/α,β-unsaturated/α-hetero) is 1. The molecule has 0 radical (unpaired) electrons. The van der Waals surface area contributed by atoms with Crippen LogP contribution in [0.5, 0.6) is 11.5 Å². The highest BCUT2D eigenvalue weighted by atomic mass is 16.5. The van der Waals surface area contributed by atoms with E-state index in [-0.39, 0.29) is 24.7 Å². The summed E-state index contributed by atoms with van der Waals surface area (Å²) in [5, 5.41) is 11.9. The SMILES string of the molecule is COc1cc(C(C)=O)ccc1OCCCC(=O)N[C@@H](C(=O)O)c1ccccc1.